The van der Waals surface area contributed by atoms with Gasteiger partial charge < -0.3 is 16.2 Å². The quantitative estimate of drug-likeness (QED) is 0.791. The number of hydrogen-bond acceptors (Lipinski definition) is 3. The molecule has 21 heavy (non-hydrogen) atoms. The number of benzene rings is 2. The highest BCUT2D eigenvalue weighted by Crippen LogP contribution is 2.17. The molecular weight excluding hydrogens is 271 g/mol. The monoisotopic (exact) mass is 288 g/mol. The van der Waals surface area contributed by atoms with Crippen LogP contribution in [0.3, 0.4) is 0 Å². The van der Waals surface area contributed by atoms with Gasteiger partial charge in [0.15, 0.2) is 0 Å². The van der Waals surface area contributed by atoms with Crippen LogP contribution in [0.4, 0.5) is 10.1 Å². The van der Waals surface area contributed by atoms with Crippen LogP contribution in [0, 0.1) is 5.82 Å². The van der Waals surface area contributed by atoms with Gasteiger partial charge in [0, 0.05) is 11.7 Å². The maximum atomic E-state index is 13.4. The minimum atomic E-state index is -0.790. The van der Waals surface area contributed by atoms with E-state index in [4.69, 9.17) is 5.73 Å². The highest BCUT2D eigenvalue weighted by atomic mass is 19.1. The van der Waals surface area contributed by atoms with E-state index < -0.39 is 11.7 Å². The number of amides is 1. The summed E-state index contributed by atoms with van der Waals surface area (Å²) in [4.78, 5) is 11.1. The number of carbonyl (C=O) groups is 1. The molecule has 5 heteroatoms. The minimum absolute atomic E-state index is 0.0701. The SMILES string of the molecule is CC(Cc1ccc(O)cc1)Nc1ccc(F)c(C(N)=O)c1. The number of primary amides is 1. The first kappa shape index (κ1) is 14.8. The van der Waals surface area contributed by atoms with E-state index in [1.165, 1.54) is 12.1 Å². The second-order valence-corrected chi connectivity index (χ2v) is 4.97. The molecule has 0 saturated heterocycles. The first-order chi connectivity index (χ1) is 9.95. The number of anilines is 1. The lowest BCUT2D eigenvalue weighted by Gasteiger charge is -2.16. The number of halogens is 1. The highest BCUT2D eigenvalue weighted by molar-refractivity contribution is 5.94. The molecule has 1 amide bonds. The van der Waals surface area contributed by atoms with Gasteiger partial charge in [-0.15, -0.1) is 0 Å². The standard InChI is InChI=1S/C16H17FN2O2/c1-10(8-11-2-5-13(20)6-3-11)19-12-4-7-15(17)14(9-12)16(18)21/h2-7,9-10,19-20H,8H2,1H3,(H2,18,21). The summed E-state index contributed by atoms with van der Waals surface area (Å²) in [5.74, 6) is -1.19. The summed E-state index contributed by atoms with van der Waals surface area (Å²) >= 11 is 0. The maximum Gasteiger partial charge on any atom is 0.251 e. The van der Waals surface area contributed by atoms with Gasteiger partial charge in [-0.1, -0.05) is 12.1 Å². The summed E-state index contributed by atoms with van der Waals surface area (Å²) in [7, 11) is 0. The van der Waals surface area contributed by atoms with E-state index in [1.807, 2.05) is 19.1 Å². The molecule has 0 aliphatic carbocycles. The number of nitrogens with two attached hydrogens (primary N) is 1. The molecule has 0 bridgehead atoms. The van der Waals surface area contributed by atoms with Crippen molar-refractivity contribution in [3.8, 4) is 5.75 Å². The molecule has 0 saturated carbocycles. The zero-order chi connectivity index (χ0) is 15.4. The van der Waals surface area contributed by atoms with Gasteiger partial charge in [-0.2, -0.15) is 0 Å². The Labute approximate surface area is 122 Å². The van der Waals surface area contributed by atoms with E-state index in [9.17, 15) is 14.3 Å². The van der Waals surface area contributed by atoms with E-state index in [0.29, 0.717) is 5.69 Å². The van der Waals surface area contributed by atoms with Crippen LogP contribution in [0.2, 0.25) is 0 Å². The lowest BCUT2D eigenvalue weighted by atomic mass is 10.1. The molecule has 1 unspecified atom stereocenters. The van der Waals surface area contributed by atoms with E-state index >= 15 is 0 Å². The van der Waals surface area contributed by atoms with Gasteiger partial charge in [0.25, 0.3) is 5.91 Å². The van der Waals surface area contributed by atoms with Gasteiger partial charge in [-0.05, 0) is 49.2 Å². The fourth-order valence-corrected chi connectivity index (χ4v) is 2.13. The zero-order valence-corrected chi connectivity index (χ0v) is 11.6. The third-order valence-electron chi connectivity index (χ3n) is 3.12. The number of hydrogen-bond donors (Lipinski definition) is 3. The number of carbonyl (C=O) groups excluding carboxylic acids is 1. The Morgan fingerprint density at radius 1 is 1.29 bits per heavy atom. The van der Waals surface area contributed by atoms with E-state index in [2.05, 4.69) is 5.32 Å². The van der Waals surface area contributed by atoms with Crippen molar-refractivity contribution in [2.75, 3.05) is 5.32 Å². The summed E-state index contributed by atoms with van der Waals surface area (Å²) in [6.45, 7) is 1.97. The fourth-order valence-electron chi connectivity index (χ4n) is 2.13. The number of phenols is 1. The summed E-state index contributed by atoms with van der Waals surface area (Å²) in [5.41, 5.74) is 6.69. The Bertz CT molecular complexity index is 641. The average Bonchev–Trinajstić information content (AvgIpc) is 2.43. The predicted molar refractivity (Wildman–Crippen MR) is 79.8 cm³/mol. The van der Waals surface area contributed by atoms with Gasteiger partial charge in [0.05, 0.1) is 5.56 Å². The molecule has 4 N–H and O–H groups in total. The Kier molecular flexibility index (Phi) is 4.42. The molecule has 0 spiro atoms. The van der Waals surface area contributed by atoms with Crippen molar-refractivity contribution in [1.29, 1.82) is 0 Å². The molecular formula is C16H17FN2O2. The van der Waals surface area contributed by atoms with Crippen LogP contribution in [-0.2, 0) is 6.42 Å². The lowest BCUT2D eigenvalue weighted by molar-refractivity contribution is 0.0996. The summed E-state index contributed by atoms with van der Waals surface area (Å²) in [5, 5.41) is 12.4. The number of nitrogens with one attached hydrogen (secondary N) is 1. The van der Waals surface area contributed by atoms with Crippen LogP contribution < -0.4 is 11.1 Å². The molecule has 0 fully saturated rings. The Balaban J connectivity index is 2.05. The Morgan fingerprint density at radius 3 is 2.57 bits per heavy atom. The average molecular weight is 288 g/mol. The van der Waals surface area contributed by atoms with Crippen molar-refractivity contribution in [2.45, 2.75) is 19.4 Å². The Hall–Kier alpha value is -2.56. The van der Waals surface area contributed by atoms with Crippen LogP contribution in [-0.4, -0.2) is 17.1 Å². The van der Waals surface area contributed by atoms with Gasteiger partial charge in [-0.3, -0.25) is 4.79 Å². The van der Waals surface area contributed by atoms with Gasteiger partial charge in [-0.25, -0.2) is 4.39 Å². The smallest absolute Gasteiger partial charge is 0.251 e. The van der Waals surface area contributed by atoms with Crippen LogP contribution in [0.15, 0.2) is 42.5 Å². The van der Waals surface area contributed by atoms with Crippen molar-refractivity contribution in [3.63, 3.8) is 0 Å². The zero-order valence-electron chi connectivity index (χ0n) is 11.6. The van der Waals surface area contributed by atoms with Crippen molar-refractivity contribution < 1.29 is 14.3 Å². The molecule has 0 radical (unpaired) electrons. The first-order valence-electron chi connectivity index (χ1n) is 6.59. The summed E-state index contributed by atoms with van der Waals surface area (Å²) in [6, 6.07) is 11.2. The minimum Gasteiger partial charge on any atom is -0.508 e. The van der Waals surface area contributed by atoms with Gasteiger partial charge in [0.2, 0.25) is 0 Å². The first-order valence-corrected chi connectivity index (χ1v) is 6.59. The van der Waals surface area contributed by atoms with Crippen molar-refractivity contribution in [2.24, 2.45) is 5.73 Å². The Morgan fingerprint density at radius 2 is 1.95 bits per heavy atom. The molecule has 2 aromatic carbocycles. The predicted octanol–water partition coefficient (Wildman–Crippen LogP) is 2.67. The summed E-state index contributed by atoms with van der Waals surface area (Å²) < 4.78 is 13.4. The molecule has 110 valence electrons. The molecule has 0 heterocycles. The van der Waals surface area contributed by atoms with Gasteiger partial charge >= 0.3 is 0 Å². The van der Waals surface area contributed by atoms with Crippen LogP contribution in [0.1, 0.15) is 22.8 Å². The van der Waals surface area contributed by atoms with E-state index in [-0.39, 0.29) is 17.4 Å². The molecule has 2 rings (SSSR count). The molecule has 0 aliphatic heterocycles. The van der Waals surface area contributed by atoms with E-state index in [0.717, 1.165) is 12.0 Å². The van der Waals surface area contributed by atoms with Crippen molar-refractivity contribution in [3.05, 3.63) is 59.4 Å². The van der Waals surface area contributed by atoms with Crippen molar-refractivity contribution >= 4 is 11.6 Å². The van der Waals surface area contributed by atoms with Crippen LogP contribution >= 0.6 is 0 Å². The molecule has 0 aliphatic rings. The van der Waals surface area contributed by atoms with Gasteiger partial charge in [0.1, 0.15) is 11.6 Å². The fraction of sp³-hybridized carbons (Fsp3) is 0.188. The van der Waals surface area contributed by atoms with Crippen LogP contribution in [0.25, 0.3) is 0 Å². The lowest BCUT2D eigenvalue weighted by Crippen LogP contribution is -2.19. The third-order valence-corrected chi connectivity index (χ3v) is 3.12. The van der Waals surface area contributed by atoms with E-state index in [1.54, 1.807) is 18.2 Å². The second-order valence-electron chi connectivity index (χ2n) is 4.97. The largest absolute Gasteiger partial charge is 0.508 e. The van der Waals surface area contributed by atoms with Crippen molar-refractivity contribution in [1.82, 2.24) is 0 Å². The number of rotatable bonds is 5. The third kappa shape index (κ3) is 3.95. The number of phenolic OH excluding ortho intramolecular Hbond substituents is 1. The van der Waals surface area contributed by atoms with Crippen LogP contribution in [0.5, 0.6) is 5.75 Å². The maximum absolute atomic E-state index is 13.4. The molecule has 0 aromatic heterocycles. The molecule has 1 atom stereocenters. The summed E-state index contributed by atoms with van der Waals surface area (Å²) in [6.07, 6.45) is 0.726. The number of aromatic hydroxyl groups is 1. The second kappa shape index (κ2) is 6.26. The molecule has 4 nitrogen and oxygen atoms in total. The normalized spacial score (nSPS) is 11.9. The molecule has 2 aromatic rings. The highest BCUT2D eigenvalue weighted by Gasteiger charge is 2.10. The topological polar surface area (TPSA) is 75.3 Å².